The standard InChI is InChI=1S/C29H31N3O2/c1-18-8-11-23(20(3)15-18)27-30-28(24-12-9-19(2)16-21(24)4)32-29(31-27)25-13-10-22(17-26(25)34)7-5-6-14-33/h8-13,15-17,33-34H,5-7,14H2,1-4H3. The average molecular weight is 454 g/mol. The average Bonchev–Trinajstić information content (AvgIpc) is 2.79. The Labute approximate surface area is 201 Å². The van der Waals surface area contributed by atoms with E-state index < -0.39 is 0 Å². The van der Waals surface area contributed by atoms with E-state index in [0.29, 0.717) is 23.0 Å². The summed E-state index contributed by atoms with van der Waals surface area (Å²) < 4.78 is 0. The molecule has 0 bridgehead atoms. The molecule has 174 valence electrons. The van der Waals surface area contributed by atoms with Gasteiger partial charge in [0.2, 0.25) is 0 Å². The van der Waals surface area contributed by atoms with E-state index in [1.807, 2.05) is 24.3 Å². The number of hydrogen-bond acceptors (Lipinski definition) is 5. The lowest BCUT2D eigenvalue weighted by molar-refractivity contribution is 0.284. The van der Waals surface area contributed by atoms with Crippen molar-refractivity contribution in [3.8, 4) is 39.9 Å². The number of aromatic hydroxyl groups is 1. The first-order chi connectivity index (χ1) is 16.4. The number of aliphatic hydroxyl groups is 1. The van der Waals surface area contributed by atoms with Crippen LogP contribution in [0.15, 0.2) is 54.6 Å². The molecular weight excluding hydrogens is 422 g/mol. The number of nitrogens with zero attached hydrogens (tertiary/aromatic N) is 3. The zero-order valence-electron chi connectivity index (χ0n) is 20.3. The second kappa shape index (κ2) is 10.1. The number of hydrogen-bond donors (Lipinski definition) is 2. The van der Waals surface area contributed by atoms with Crippen LogP contribution < -0.4 is 0 Å². The van der Waals surface area contributed by atoms with E-state index in [-0.39, 0.29) is 12.4 Å². The molecule has 4 rings (SSSR count). The molecule has 4 aromatic rings. The predicted molar refractivity (Wildman–Crippen MR) is 137 cm³/mol. The molecule has 0 aliphatic carbocycles. The number of rotatable bonds is 7. The Hall–Kier alpha value is -3.57. The van der Waals surface area contributed by atoms with E-state index in [4.69, 9.17) is 20.1 Å². The molecule has 0 unspecified atom stereocenters. The maximum atomic E-state index is 10.9. The number of phenols is 1. The first-order valence-corrected chi connectivity index (χ1v) is 11.7. The molecule has 3 aromatic carbocycles. The van der Waals surface area contributed by atoms with Crippen LogP contribution in [0.3, 0.4) is 0 Å². The third-order valence-electron chi connectivity index (χ3n) is 6.06. The smallest absolute Gasteiger partial charge is 0.167 e. The Morgan fingerprint density at radius 3 is 1.59 bits per heavy atom. The van der Waals surface area contributed by atoms with Crippen LogP contribution >= 0.6 is 0 Å². The fourth-order valence-electron chi connectivity index (χ4n) is 4.23. The fourth-order valence-corrected chi connectivity index (χ4v) is 4.23. The summed E-state index contributed by atoms with van der Waals surface area (Å²) >= 11 is 0. The number of phenolic OH excluding ortho intramolecular Hbond substituents is 1. The third-order valence-corrected chi connectivity index (χ3v) is 6.06. The topological polar surface area (TPSA) is 79.1 Å². The van der Waals surface area contributed by atoms with Gasteiger partial charge in [0, 0.05) is 17.7 Å². The van der Waals surface area contributed by atoms with Gasteiger partial charge in [-0.15, -0.1) is 0 Å². The predicted octanol–water partition coefficient (Wildman–Crippen LogP) is 6.13. The highest BCUT2D eigenvalue weighted by atomic mass is 16.3. The minimum atomic E-state index is 0.144. The highest BCUT2D eigenvalue weighted by Gasteiger charge is 2.17. The number of unbranched alkanes of at least 4 members (excludes halogenated alkanes) is 1. The van der Waals surface area contributed by atoms with Gasteiger partial charge in [-0.25, -0.2) is 15.0 Å². The number of benzene rings is 3. The number of aryl methyl sites for hydroxylation is 5. The SMILES string of the molecule is Cc1ccc(-c2nc(-c3ccc(C)cc3C)nc(-c3ccc(CCCCO)cc3O)n2)c(C)c1. The highest BCUT2D eigenvalue weighted by Crippen LogP contribution is 2.32. The summed E-state index contributed by atoms with van der Waals surface area (Å²) in [5.74, 6) is 1.76. The monoisotopic (exact) mass is 453 g/mol. The first kappa shape index (κ1) is 23.6. The van der Waals surface area contributed by atoms with Gasteiger partial charge >= 0.3 is 0 Å². The fraction of sp³-hybridized carbons (Fsp3) is 0.276. The highest BCUT2D eigenvalue weighted by molar-refractivity contribution is 5.72. The molecule has 0 aliphatic rings. The summed E-state index contributed by atoms with van der Waals surface area (Å²) in [4.78, 5) is 14.4. The summed E-state index contributed by atoms with van der Waals surface area (Å²) in [7, 11) is 0. The molecule has 0 aliphatic heterocycles. The molecule has 0 spiro atoms. The van der Waals surface area contributed by atoms with E-state index in [9.17, 15) is 5.11 Å². The van der Waals surface area contributed by atoms with Gasteiger partial charge < -0.3 is 10.2 Å². The van der Waals surface area contributed by atoms with Crippen LogP contribution in [0.25, 0.3) is 34.2 Å². The molecule has 2 N–H and O–H groups in total. The third kappa shape index (κ3) is 5.15. The van der Waals surface area contributed by atoms with E-state index in [1.165, 1.54) is 11.1 Å². The van der Waals surface area contributed by atoms with Crippen LogP contribution in [0.2, 0.25) is 0 Å². The maximum absolute atomic E-state index is 10.9. The Kier molecular flexibility index (Phi) is 7.03. The van der Waals surface area contributed by atoms with Crippen molar-refractivity contribution in [3.63, 3.8) is 0 Å². The molecule has 1 aromatic heterocycles. The van der Waals surface area contributed by atoms with Gasteiger partial charge in [-0.1, -0.05) is 53.6 Å². The lowest BCUT2D eigenvalue weighted by Gasteiger charge is -2.13. The van der Waals surface area contributed by atoms with E-state index in [0.717, 1.165) is 47.1 Å². The molecule has 0 radical (unpaired) electrons. The minimum absolute atomic E-state index is 0.144. The van der Waals surface area contributed by atoms with Crippen LogP contribution in [0.1, 0.15) is 40.7 Å². The first-order valence-electron chi connectivity index (χ1n) is 11.7. The van der Waals surface area contributed by atoms with Crippen LogP contribution in [0, 0.1) is 27.7 Å². The molecule has 34 heavy (non-hydrogen) atoms. The van der Waals surface area contributed by atoms with E-state index >= 15 is 0 Å². The lowest BCUT2D eigenvalue weighted by Crippen LogP contribution is -2.02. The molecule has 5 nitrogen and oxygen atoms in total. The summed E-state index contributed by atoms with van der Waals surface area (Å²) in [5.41, 5.74) is 8.03. The normalized spacial score (nSPS) is 11.1. The van der Waals surface area contributed by atoms with Crippen molar-refractivity contribution in [1.29, 1.82) is 0 Å². The van der Waals surface area contributed by atoms with Gasteiger partial charge in [0.15, 0.2) is 17.5 Å². The van der Waals surface area contributed by atoms with E-state index in [2.05, 4.69) is 52.0 Å². The van der Waals surface area contributed by atoms with Gasteiger partial charge in [-0.3, -0.25) is 0 Å². The van der Waals surface area contributed by atoms with Gasteiger partial charge in [-0.05, 0) is 75.8 Å². The van der Waals surface area contributed by atoms with Crippen molar-refractivity contribution < 1.29 is 10.2 Å². The molecule has 5 heteroatoms. The summed E-state index contributed by atoms with van der Waals surface area (Å²) in [6, 6.07) is 18.1. The lowest BCUT2D eigenvalue weighted by atomic mass is 10.0. The van der Waals surface area contributed by atoms with E-state index in [1.54, 1.807) is 6.07 Å². The zero-order valence-corrected chi connectivity index (χ0v) is 20.3. The molecule has 0 saturated carbocycles. The zero-order chi connectivity index (χ0) is 24.2. The molecule has 0 saturated heterocycles. The van der Waals surface area contributed by atoms with Crippen molar-refractivity contribution >= 4 is 0 Å². The number of aliphatic hydroxyl groups excluding tert-OH is 1. The molecule has 0 fully saturated rings. The molecule has 0 amide bonds. The summed E-state index contributed by atoms with van der Waals surface area (Å²) in [6.45, 7) is 8.42. The van der Waals surface area contributed by atoms with Crippen LogP contribution in [-0.2, 0) is 6.42 Å². The largest absolute Gasteiger partial charge is 0.507 e. The van der Waals surface area contributed by atoms with Gasteiger partial charge in [0.1, 0.15) is 5.75 Å². The second-order valence-electron chi connectivity index (χ2n) is 8.98. The summed E-state index contributed by atoms with van der Waals surface area (Å²) in [6.07, 6.45) is 2.41. The van der Waals surface area contributed by atoms with Crippen molar-refractivity contribution in [1.82, 2.24) is 15.0 Å². The molecular formula is C29H31N3O2. The Morgan fingerprint density at radius 2 is 1.12 bits per heavy atom. The quantitative estimate of drug-likeness (QED) is 0.329. The van der Waals surface area contributed by atoms with Gasteiger partial charge in [0.25, 0.3) is 0 Å². The van der Waals surface area contributed by atoms with Crippen LogP contribution in [-0.4, -0.2) is 31.8 Å². The van der Waals surface area contributed by atoms with Gasteiger partial charge in [0.05, 0.1) is 5.56 Å². The Bertz CT molecular complexity index is 1260. The Balaban J connectivity index is 1.85. The van der Waals surface area contributed by atoms with Crippen molar-refractivity contribution in [2.24, 2.45) is 0 Å². The van der Waals surface area contributed by atoms with Gasteiger partial charge in [-0.2, -0.15) is 0 Å². The minimum Gasteiger partial charge on any atom is -0.507 e. The van der Waals surface area contributed by atoms with Crippen molar-refractivity contribution in [2.75, 3.05) is 6.61 Å². The molecule has 1 heterocycles. The second-order valence-corrected chi connectivity index (χ2v) is 8.98. The molecule has 0 atom stereocenters. The van der Waals surface area contributed by atoms with Crippen molar-refractivity contribution in [3.05, 3.63) is 82.4 Å². The van der Waals surface area contributed by atoms with Crippen LogP contribution in [0.4, 0.5) is 0 Å². The Morgan fingerprint density at radius 1 is 0.618 bits per heavy atom. The maximum Gasteiger partial charge on any atom is 0.167 e. The van der Waals surface area contributed by atoms with Crippen LogP contribution in [0.5, 0.6) is 5.75 Å². The number of aromatic nitrogens is 3. The van der Waals surface area contributed by atoms with Crippen molar-refractivity contribution in [2.45, 2.75) is 47.0 Å². The summed E-state index contributed by atoms with van der Waals surface area (Å²) in [5, 5.41) is 19.9.